The number of morpholine rings is 1. The fourth-order valence-corrected chi connectivity index (χ4v) is 4.48. The lowest BCUT2D eigenvalue weighted by molar-refractivity contribution is 0.122. The number of nitrogens with one attached hydrogen (secondary N) is 1. The smallest absolute Gasteiger partial charge is 0.149 e. The minimum Gasteiger partial charge on any atom is -0.488 e. The zero-order valence-corrected chi connectivity index (χ0v) is 18.0. The molecule has 1 saturated carbocycles. The molecule has 3 heterocycles. The summed E-state index contributed by atoms with van der Waals surface area (Å²) in [7, 11) is 0. The maximum atomic E-state index is 6.52. The van der Waals surface area contributed by atoms with Gasteiger partial charge in [0.15, 0.2) is 0 Å². The molecular formula is C24H29N5O2. The summed E-state index contributed by atoms with van der Waals surface area (Å²) in [6.45, 7) is 5.32. The number of rotatable bonds is 5. The third-order valence-electron chi connectivity index (χ3n) is 6.23. The van der Waals surface area contributed by atoms with Gasteiger partial charge in [0.05, 0.1) is 36.2 Å². The third-order valence-corrected chi connectivity index (χ3v) is 6.23. The van der Waals surface area contributed by atoms with Crippen molar-refractivity contribution >= 4 is 22.4 Å². The molecular weight excluding hydrogens is 390 g/mol. The van der Waals surface area contributed by atoms with Crippen molar-refractivity contribution in [1.82, 2.24) is 15.0 Å². The molecule has 5 rings (SSSR count). The first kappa shape index (κ1) is 20.0. The summed E-state index contributed by atoms with van der Waals surface area (Å²) < 4.78 is 12.0. The van der Waals surface area contributed by atoms with Crippen LogP contribution in [0.15, 0.2) is 42.9 Å². The second kappa shape index (κ2) is 9.06. The van der Waals surface area contributed by atoms with Crippen molar-refractivity contribution in [3.05, 3.63) is 48.5 Å². The molecule has 0 amide bonds. The van der Waals surface area contributed by atoms with E-state index in [1.807, 2.05) is 19.2 Å². The van der Waals surface area contributed by atoms with Gasteiger partial charge in [0, 0.05) is 49.5 Å². The van der Waals surface area contributed by atoms with Crippen LogP contribution in [0.2, 0.25) is 0 Å². The van der Waals surface area contributed by atoms with E-state index in [-0.39, 0.29) is 6.10 Å². The molecule has 0 atom stereocenters. The van der Waals surface area contributed by atoms with Crippen molar-refractivity contribution in [3.8, 4) is 5.75 Å². The first-order valence-electron chi connectivity index (χ1n) is 11.2. The number of aryl methyl sites for hydroxylation is 1. The average molecular weight is 420 g/mol. The number of hydrogen-bond donors (Lipinski definition) is 1. The van der Waals surface area contributed by atoms with Crippen molar-refractivity contribution in [3.63, 3.8) is 0 Å². The number of anilines is 2. The molecule has 162 valence electrons. The first-order chi connectivity index (χ1) is 15.3. The Morgan fingerprint density at radius 1 is 1.00 bits per heavy atom. The Morgan fingerprint density at radius 3 is 2.61 bits per heavy atom. The van der Waals surface area contributed by atoms with Crippen molar-refractivity contribution < 1.29 is 9.47 Å². The Kier molecular flexibility index (Phi) is 5.84. The summed E-state index contributed by atoms with van der Waals surface area (Å²) in [5, 5.41) is 3.66. The van der Waals surface area contributed by atoms with Crippen LogP contribution in [0.1, 0.15) is 31.4 Å². The lowest BCUT2D eigenvalue weighted by Crippen LogP contribution is -2.36. The van der Waals surface area contributed by atoms with Gasteiger partial charge in [-0.1, -0.05) is 0 Å². The molecule has 31 heavy (non-hydrogen) atoms. The zero-order chi connectivity index (χ0) is 21.0. The molecule has 7 nitrogen and oxygen atoms in total. The fraction of sp³-hybridized carbons (Fsp3) is 0.458. The molecule has 1 aliphatic carbocycles. The van der Waals surface area contributed by atoms with E-state index < -0.39 is 0 Å². The molecule has 7 heteroatoms. The minimum absolute atomic E-state index is 0.193. The largest absolute Gasteiger partial charge is 0.488 e. The average Bonchev–Trinajstić information content (AvgIpc) is 2.82. The van der Waals surface area contributed by atoms with Gasteiger partial charge in [0.25, 0.3) is 0 Å². The minimum atomic E-state index is 0.193. The Balaban J connectivity index is 1.28. The summed E-state index contributed by atoms with van der Waals surface area (Å²) >= 11 is 0. The van der Waals surface area contributed by atoms with Gasteiger partial charge in [-0.15, -0.1) is 0 Å². The number of nitrogens with zero attached hydrogens (tertiary/aromatic N) is 4. The van der Waals surface area contributed by atoms with Crippen molar-refractivity contribution in [2.45, 2.75) is 44.8 Å². The van der Waals surface area contributed by atoms with Gasteiger partial charge in [0.2, 0.25) is 0 Å². The molecule has 0 spiro atoms. The van der Waals surface area contributed by atoms with Crippen LogP contribution in [-0.4, -0.2) is 53.4 Å². The highest BCUT2D eigenvalue weighted by Crippen LogP contribution is 2.33. The van der Waals surface area contributed by atoms with Crippen molar-refractivity contribution in [2.75, 3.05) is 36.5 Å². The maximum Gasteiger partial charge on any atom is 0.149 e. The number of fused-ring (bicyclic) bond motifs is 1. The molecule has 2 fully saturated rings. The highest BCUT2D eigenvalue weighted by atomic mass is 16.5. The van der Waals surface area contributed by atoms with Crippen molar-refractivity contribution in [2.24, 2.45) is 0 Å². The van der Waals surface area contributed by atoms with E-state index >= 15 is 0 Å². The van der Waals surface area contributed by atoms with Crippen LogP contribution in [0.5, 0.6) is 5.75 Å². The molecule has 0 bridgehead atoms. The number of benzene rings is 1. The molecule has 2 aromatic heterocycles. The van der Waals surface area contributed by atoms with E-state index in [0.29, 0.717) is 6.04 Å². The Labute approximate surface area is 182 Å². The van der Waals surface area contributed by atoms with Gasteiger partial charge in [-0.05, 0) is 50.8 Å². The van der Waals surface area contributed by atoms with Crippen molar-refractivity contribution in [1.29, 1.82) is 0 Å². The second-order valence-corrected chi connectivity index (χ2v) is 8.34. The van der Waals surface area contributed by atoms with Crippen LogP contribution in [0.3, 0.4) is 0 Å². The van der Waals surface area contributed by atoms with Crippen LogP contribution >= 0.6 is 0 Å². The third kappa shape index (κ3) is 4.56. The van der Waals surface area contributed by atoms with Gasteiger partial charge >= 0.3 is 0 Å². The fourth-order valence-electron chi connectivity index (χ4n) is 4.48. The highest BCUT2D eigenvalue weighted by molar-refractivity contribution is 5.85. The normalized spacial score (nSPS) is 21.8. The van der Waals surface area contributed by atoms with E-state index in [4.69, 9.17) is 9.47 Å². The van der Waals surface area contributed by atoms with Gasteiger partial charge in [-0.25, -0.2) is 4.98 Å². The van der Waals surface area contributed by atoms with E-state index in [0.717, 1.165) is 85.8 Å². The van der Waals surface area contributed by atoms with E-state index in [2.05, 4.69) is 43.4 Å². The van der Waals surface area contributed by atoms with Crippen LogP contribution in [0.4, 0.5) is 11.4 Å². The highest BCUT2D eigenvalue weighted by Gasteiger charge is 2.24. The van der Waals surface area contributed by atoms with Gasteiger partial charge in [0.1, 0.15) is 11.3 Å². The Bertz CT molecular complexity index is 1030. The van der Waals surface area contributed by atoms with E-state index in [1.54, 1.807) is 12.4 Å². The van der Waals surface area contributed by atoms with Crippen LogP contribution in [0.25, 0.3) is 11.0 Å². The standard InChI is InChI=1S/C24H29N5O2/c1-17-21(3-2-8-25-17)28-18-4-6-20(7-5-18)31-23-16-19(29-11-13-30-14-12-29)15-22-24(23)27-10-9-26-22/h2-3,8-10,15-16,18,20,28H,4-7,11-14H2,1H3/t18-,20+. The summed E-state index contributed by atoms with van der Waals surface area (Å²) in [5.41, 5.74) is 5.03. The summed E-state index contributed by atoms with van der Waals surface area (Å²) in [5.74, 6) is 0.839. The number of ether oxygens (including phenoxy) is 2. The number of aromatic nitrogens is 3. The summed E-state index contributed by atoms with van der Waals surface area (Å²) in [6, 6.07) is 8.78. The molecule has 3 aromatic rings. The molecule has 2 aliphatic rings. The van der Waals surface area contributed by atoms with Gasteiger partial charge in [-0.2, -0.15) is 0 Å². The lowest BCUT2D eigenvalue weighted by Gasteiger charge is -2.32. The quantitative estimate of drug-likeness (QED) is 0.671. The Morgan fingerprint density at radius 2 is 1.81 bits per heavy atom. The molecule has 1 saturated heterocycles. The number of pyridine rings is 1. The molecule has 0 radical (unpaired) electrons. The van der Waals surface area contributed by atoms with Crippen LogP contribution in [-0.2, 0) is 4.74 Å². The van der Waals surface area contributed by atoms with Gasteiger partial charge < -0.3 is 19.7 Å². The monoisotopic (exact) mass is 419 g/mol. The maximum absolute atomic E-state index is 6.52. The van der Waals surface area contributed by atoms with E-state index in [1.165, 1.54) is 0 Å². The zero-order valence-electron chi connectivity index (χ0n) is 18.0. The van der Waals surface area contributed by atoms with Gasteiger partial charge in [-0.3, -0.25) is 9.97 Å². The molecule has 1 N–H and O–H groups in total. The molecule has 1 aromatic carbocycles. The first-order valence-corrected chi connectivity index (χ1v) is 11.2. The topological polar surface area (TPSA) is 72.4 Å². The Hall–Kier alpha value is -2.93. The summed E-state index contributed by atoms with van der Waals surface area (Å²) in [6.07, 6.45) is 9.69. The molecule has 0 unspecified atom stereocenters. The number of hydrogen-bond acceptors (Lipinski definition) is 7. The second-order valence-electron chi connectivity index (χ2n) is 8.34. The van der Waals surface area contributed by atoms with Crippen LogP contribution in [0, 0.1) is 6.92 Å². The predicted octanol–water partition coefficient (Wildman–Crippen LogP) is 3.97. The summed E-state index contributed by atoms with van der Waals surface area (Å²) in [4.78, 5) is 15.8. The SMILES string of the molecule is Cc1ncccc1N[C@H]1CC[C@@H](Oc2cc(N3CCOCC3)cc3nccnc23)CC1. The van der Waals surface area contributed by atoms with Crippen LogP contribution < -0.4 is 15.0 Å². The predicted molar refractivity (Wildman–Crippen MR) is 122 cm³/mol. The van der Waals surface area contributed by atoms with E-state index in [9.17, 15) is 0 Å². The lowest BCUT2D eigenvalue weighted by atomic mass is 9.92. The molecule has 1 aliphatic heterocycles.